The van der Waals surface area contributed by atoms with E-state index < -0.39 is 34.7 Å². The van der Waals surface area contributed by atoms with Gasteiger partial charge >= 0.3 is 0 Å². The van der Waals surface area contributed by atoms with E-state index in [1.807, 2.05) is 69.3 Å². The number of nitrogens with one attached hydrogen (secondary N) is 2. The Kier molecular flexibility index (Phi) is 10.4. The molecule has 1 heterocycles. The van der Waals surface area contributed by atoms with E-state index in [0.717, 1.165) is 22.3 Å². The first kappa shape index (κ1) is 33.1. The SMILES string of the molecule is Cc1ccccc1CNC(=O)[C@H]1N(C(=O)[C@@H](O)[C@H](Cc2ccc(C(C)C)cc2)NC(=O)c2cccc(O)c2C)CSC1(C)C. The summed E-state index contributed by atoms with van der Waals surface area (Å²) in [4.78, 5) is 42.4. The van der Waals surface area contributed by atoms with Crippen molar-refractivity contribution in [3.05, 3.63) is 100 Å². The third-order valence-electron chi connectivity index (χ3n) is 8.39. The highest BCUT2D eigenvalue weighted by Gasteiger charge is 2.49. The number of carbonyl (C=O) groups excluding carboxylic acids is 3. The Morgan fingerprint density at radius 2 is 1.68 bits per heavy atom. The number of hydrogen-bond acceptors (Lipinski definition) is 6. The molecule has 1 aliphatic heterocycles. The van der Waals surface area contributed by atoms with E-state index in [2.05, 4.69) is 24.5 Å². The van der Waals surface area contributed by atoms with E-state index in [1.165, 1.54) is 22.7 Å². The van der Waals surface area contributed by atoms with Gasteiger partial charge in [-0.05, 0) is 74.4 Å². The predicted octanol–water partition coefficient (Wildman–Crippen LogP) is 4.83. The van der Waals surface area contributed by atoms with Gasteiger partial charge in [-0.25, -0.2) is 0 Å². The molecule has 3 aromatic rings. The highest BCUT2D eigenvalue weighted by molar-refractivity contribution is 8.00. The van der Waals surface area contributed by atoms with Gasteiger partial charge in [0.1, 0.15) is 11.8 Å². The van der Waals surface area contributed by atoms with Gasteiger partial charge in [-0.2, -0.15) is 0 Å². The van der Waals surface area contributed by atoms with Gasteiger partial charge in [-0.15, -0.1) is 11.8 Å². The number of hydrogen-bond donors (Lipinski definition) is 4. The third kappa shape index (κ3) is 7.45. The van der Waals surface area contributed by atoms with Crippen molar-refractivity contribution in [3.63, 3.8) is 0 Å². The van der Waals surface area contributed by atoms with Crippen molar-refractivity contribution in [3.8, 4) is 5.75 Å². The van der Waals surface area contributed by atoms with Crippen molar-refractivity contribution in [2.75, 3.05) is 5.88 Å². The first-order valence-electron chi connectivity index (χ1n) is 14.9. The largest absolute Gasteiger partial charge is 0.508 e. The second kappa shape index (κ2) is 13.9. The van der Waals surface area contributed by atoms with Crippen LogP contribution in [-0.4, -0.2) is 61.6 Å². The highest BCUT2D eigenvalue weighted by Crippen LogP contribution is 2.40. The lowest BCUT2D eigenvalue weighted by molar-refractivity contribution is -0.147. The molecule has 3 aromatic carbocycles. The van der Waals surface area contributed by atoms with E-state index in [-0.39, 0.29) is 29.5 Å². The molecule has 4 rings (SSSR count). The maximum Gasteiger partial charge on any atom is 0.254 e. The summed E-state index contributed by atoms with van der Waals surface area (Å²) in [5.74, 6) is -0.908. The number of aromatic hydroxyl groups is 1. The van der Waals surface area contributed by atoms with Gasteiger partial charge in [0.15, 0.2) is 6.10 Å². The van der Waals surface area contributed by atoms with Crippen molar-refractivity contribution in [1.29, 1.82) is 0 Å². The molecule has 234 valence electrons. The number of nitrogens with zero attached hydrogens (tertiary/aromatic N) is 1. The number of aliphatic hydroxyl groups is 1. The lowest BCUT2D eigenvalue weighted by Gasteiger charge is -2.33. The maximum atomic E-state index is 14.0. The van der Waals surface area contributed by atoms with Crippen LogP contribution in [0.5, 0.6) is 5.75 Å². The quantitative estimate of drug-likeness (QED) is 0.259. The van der Waals surface area contributed by atoms with Crippen LogP contribution in [0.15, 0.2) is 66.7 Å². The zero-order valence-corrected chi connectivity index (χ0v) is 27.1. The fraction of sp³-hybridized carbons (Fsp3) is 0.400. The molecule has 1 aliphatic rings. The van der Waals surface area contributed by atoms with Gasteiger partial charge in [0, 0.05) is 22.4 Å². The molecule has 44 heavy (non-hydrogen) atoms. The molecule has 3 atom stereocenters. The number of carbonyl (C=O) groups is 3. The van der Waals surface area contributed by atoms with Gasteiger partial charge in [0.25, 0.3) is 11.8 Å². The summed E-state index contributed by atoms with van der Waals surface area (Å²) in [7, 11) is 0. The van der Waals surface area contributed by atoms with Crippen LogP contribution in [0.1, 0.15) is 71.8 Å². The average molecular weight is 618 g/mol. The second-order valence-corrected chi connectivity index (χ2v) is 13.9. The van der Waals surface area contributed by atoms with Crippen molar-refractivity contribution in [2.24, 2.45) is 0 Å². The molecule has 0 aromatic heterocycles. The van der Waals surface area contributed by atoms with E-state index >= 15 is 0 Å². The third-order valence-corrected chi connectivity index (χ3v) is 9.77. The number of phenolic OH excluding ortho intramolecular Hbond substituents is 1. The van der Waals surface area contributed by atoms with Crippen LogP contribution in [0, 0.1) is 13.8 Å². The number of rotatable bonds is 10. The number of benzene rings is 3. The monoisotopic (exact) mass is 617 g/mol. The zero-order valence-electron chi connectivity index (χ0n) is 26.3. The fourth-order valence-electron chi connectivity index (χ4n) is 5.49. The molecular weight excluding hydrogens is 574 g/mol. The molecule has 3 amide bonds. The van der Waals surface area contributed by atoms with Gasteiger partial charge in [-0.1, -0.05) is 68.4 Å². The fourth-order valence-corrected chi connectivity index (χ4v) is 6.63. The van der Waals surface area contributed by atoms with Gasteiger partial charge in [0.2, 0.25) is 5.91 Å². The Bertz CT molecular complexity index is 1500. The van der Waals surface area contributed by atoms with E-state index in [0.29, 0.717) is 18.0 Å². The Hall–Kier alpha value is -3.82. The number of thioether (sulfide) groups is 1. The first-order chi connectivity index (χ1) is 20.8. The average Bonchev–Trinajstić information content (AvgIpc) is 3.31. The minimum absolute atomic E-state index is 0.0222. The molecule has 0 spiro atoms. The molecule has 0 aliphatic carbocycles. The van der Waals surface area contributed by atoms with Crippen LogP contribution in [0.4, 0.5) is 0 Å². The van der Waals surface area contributed by atoms with E-state index in [1.54, 1.807) is 19.1 Å². The van der Waals surface area contributed by atoms with Crippen LogP contribution in [0.2, 0.25) is 0 Å². The molecule has 4 N–H and O–H groups in total. The standard InChI is InChI=1S/C35H43N3O5S/c1-21(2)25-16-14-24(15-17-25)18-28(37-32(41)27-12-9-13-29(39)23(27)4)30(40)34(43)38-20-44-35(5,6)31(38)33(42)36-19-26-11-8-7-10-22(26)3/h7-17,21,28,30-31,39-40H,18-20H2,1-6H3,(H,36,42)(H,37,41)/t28-,30-,31+/m0/s1. The highest BCUT2D eigenvalue weighted by atomic mass is 32.2. The lowest BCUT2D eigenvalue weighted by atomic mass is 9.95. The van der Waals surface area contributed by atoms with Gasteiger partial charge in [0.05, 0.1) is 11.9 Å². The van der Waals surface area contributed by atoms with Crippen molar-refractivity contribution in [2.45, 2.75) is 83.4 Å². The summed E-state index contributed by atoms with van der Waals surface area (Å²) < 4.78 is -0.602. The normalized spacial score (nSPS) is 17.3. The van der Waals surface area contributed by atoms with E-state index in [9.17, 15) is 24.6 Å². The minimum atomic E-state index is -1.62. The van der Waals surface area contributed by atoms with Crippen LogP contribution >= 0.6 is 11.8 Å². The Labute approximate surface area is 264 Å². The lowest BCUT2D eigenvalue weighted by Crippen LogP contribution is -2.58. The second-order valence-electron chi connectivity index (χ2n) is 12.3. The van der Waals surface area contributed by atoms with Gasteiger partial charge < -0.3 is 25.7 Å². The van der Waals surface area contributed by atoms with Crippen LogP contribution in [-0.2, 0) is 22.6 Å². The van der Waals surface area contributed by atoms with Crippen LogP contribution in [0.25, 0.3) is 0 Å². The molecule has 0 saturated carbocycles. The maximum absolute atomic E-state index is 14.0. The molecule has 0 radical (unpaired) electrons. The summed E-state index contributed by atoms with van der Waals surface area (Å²) in [6, 6.07) is 18.5. The van der Waals surface area contributed by atoms with Crippen molar-refractivity contribution < 1.29 is 24.6 Å². The number of amides is 3. The van der Waals surface area contributed by atoms with Crippen LogP contribution in [0.3, 0.4) is 0 Å². The molecule has 9 heteroatoms. The summed E-state index contributed by atoms with van der Waals surface area (Å²) in [6.07, 6.45) is -1.44. The summed E-state index contributed by atoms with van der Waals surface area (Å²) >= 11 is 1.47. The predicted molar refractivity (Wildman–Crippen MR) is 175 cm³/mol. The van der Waals surface area contributed by atoms with Gasteiger partial charge in [-0.3, -0.25) is 14.4 Å². The molecule has 1 fully saturated rings. The Morgan fingerprint density at radius 1 is 1.00 bits per heavy atom. The van der Waals surface area contributed by atoms with E-state index in [4.69, 9.17) is 0 Å². The first-order valence-corrected chi connectivity index (χ1v) is 15.9. The van der Waals surface area contributed by atoms with Crippen molar-refractivity contribution in [1.82, 2.24) is 15.5 Å². The number of aryl methyl sites for hydroxylation is 1. The summed E-state index contributed by atoms with van der Waals surface area (Å²) in [5, 5.41) is 27.6. The minimum Gasteiger partial charge on any atom is -0.508 e. The Balaban J connectivity index is 1.58. The molecule has 0 unspecified atom stereocenters. The van der Waals surface area contributed by atoms with Crippen molar-refractivity contribution >= 4 is 29.5 Å². The topological polar surface area (TPSA) is 119 Å². The Morgan fingerprint density at radius 3 is 2.34 bits per heavy atom. The number of aliphatic hydroxyl groups excluding tert-OH is 1. The molecule has 1 saturated heterocycles. The van der Waals surface area contributed by atoms with Crippen LogP contribution < -0.4 is 10.6 Å². The molecule has 8 nitrogen and oxygen atoms in total. The molecule has 0 bridgehead atoms. The summed E-state index contributed by atoms with van der Waals surface area (Å²) in [6.45, 7) is 12.0. The zero-order chi connectivity index (χ0) is 32.2. The summed E-state index contributed by atoms with van der Waals surface area (Å²) in [5.41, 5.74) is 4.67. The molecular formula is C35H43N3O5S. The smallest absolute Gasteiger partial charge is 0.254 e. The number of phenols is 1.